The van der Waals surface area contributed by atoms with Gasteiger partial charge in [0.2, 0.25) is 0 Å². The van der Waals surface area contributed by atoms with Gasteiger partial charge in [0.1, 0.15) is 0 Å². The number of unbranched alkanes of at least 4 members (excludes halogenated alkanes) is 1. The van der Waals surface area contributed by atoms with Crippen LogP contribution >= 0.6 is 11.5 Å². The number of ether oxygens (including phenoxy) is 2. The quantitative estimate of drug-likeness (QED) is 0.697. The molecule has 5 nitrogen and oxygen atoms in total. The van der Waals surface area contributed by atoms with Gasteiger partial charge in [-0.2, -0.15) is 4.37 Å². The van der Waals surface area contributed by atoms with Crippen LogP contribution in [0.3, 0.4) is 0 Å². The SMILES string of the molecule is COCCCCNc1snc(N)c1OC. The molecule has 0 unspecified atom stereocenters. The largest absolute Gasteiger partial charge is 0.490 e. The first-order chi connectivity index (χ1) is 7.29. The van der Waals surface area contributed by atoms with Crippen LogP contribution in [0.25, 0.3) is 0 Å². The van der Waals surface area contributed by atoms with Gasteiger partial charge in [-0.05, 0) is 24.4 Å². The first-order valence-corrected chi connectivity index (χ1v) is 5.59. The molecule has 0 saturated carbocycles. The van der Waals surface area contributed by atoms with Crippen LogP contribution in [-0.2, 0) is 4.74 Å². The Kier molecular flexibility index (Phi) is 5.20. The summed E-state index contributed by atoms with van der Waals surface area (Å²) in [7, 11) is 3.30. The summed E-state index contributed by atoms with van der Waals surface area (Å²) in [5.74, 6) is 1.09. The third-order valence-corrected chi connectivity index (χ3v) is 2.74. The fourth-order valence-corrected chi connectivity index (χ4v) is 1.89. The smallest absolute Gasteiger partial charge is 0.197 e. The Hall–Kier alpha value is -1.01. The zero-order chi connectivity index (χ0) is 11.1. The molecule has 1 aromatic rings. The number of anilines is 2. The minimum absolute atomic E-state index is 0.446. The normalized spacial score (nSPS) is 10.3. The molecule has 0 spiro atoms. The van der Waals surface area contributed by atoms with E-state index in [-0.39, 0.29) is 0 Å². The Morgan fingerprint density at radius 3 is 2.87 bits per heavy atom. The van der Waals surface area contributed by atoms with Crippen molar-refractivity contribution in [1.29, 1.82) is 0 Å². The summed E-state index contributed by atoms with van der Waals surface area (Å²) in [6, 6.07) is 0. The number of nitrogens with one attached hydrogen (secondary N) is 1. The van der Waals surface area contributed by atoms with E-state index in [2.05, 4.69) is 9.69 Å². The van der Waals surface area contributed by atoms with Gasteiger partial charge < -0.3 is 20.5 Å². The predicted molar refractivity (Wildman–Crippen MR) is 62.7 cm³/mol. The maximum absolute atomic E-state index is 5.62. The highest BCUT2D eigenvalue weighted by atomic mass is 32.1. The monoisotopic (exact) mass is 231 g/mol. The Balaban J connectivity index is 2.30. The zero-order valence-electron chi connectivity index (χ0n) is 9.08. The van der Waals surface area contributed by atoms with E-state index in [0.29, 0.717) is 11.6 Å². The Morgan fingerprint density at radius 2 is 2.20 bits per heavy atom. The maximum Gasteiger partial charge on any atom is 0.197 e. The number of hydrogen-bond donors (Lipinski definition) is 2. The van der Waals surface area contributed by atoms with Crippen molar-refractivity contribution < 1.29 is 9.47 Å². The molecule has 6 heteroatoms. The molecule has 15 heavy (non-hydrogen) atoms. The van der Waals surface area contributed by atoms with Crippen molar-refractivity contribution in [3.8, 4) is 5.75 Å². The Bertz CT molecular complexity index is 291. The first-order valence-electron chi connectivity index (χ1n) is 4.81. The number of nitrogens with zero attached hydrogens (tertiary/aromatic N) is 1. The van der Waals surface area contributed by atoms with Gasteiger partial charge in [-0.1, -0.05) is 0 Å². The first kappa shape index (κ1) is 12.1. The van der Waals surface area contributed by atoms with Crippen molar-refractivity contribution in [1.82, 2.24) is 4.37 Å². The molecule has 3 N–H and O–H groups in total. The second-order valence-electron chi connectivity index (χ2n) is 3.06. The molecule has 0 aliphatic heterocycles. The van der Waals surface area contributed by atoms with E-state index in [4.69, 9.17) is 15.2 Å². The summed E-state index contributed by atoms with van der Waals surface area (Å²) in [5, 5.41) is 4.14. The Labute approximate surface area is 93.7 Å². The fourth-order valence-electron chi connectivity index (χ4n) is 1.18. The van der Waals surface area contributed by atoms with Crippen molar-refractivity contribution in [3.63, 3.8) is 0 Å². The zero-order valence-corrected chi connectivity index (χ0v) is 9.89. The molecule has 0 aliphatic rings. The van der Waals surface area contributed by atoms with Crippen LogP contribution < -0.4 is 15.8 Å². The van der Waals surface area contributed by atoms with Crippen molar-refractivity contribution in [2.45, 2.75) is 12.8 Å². The van der Waals surface area contributed by atoms with E-state index in [9.17, 15) is 0 Å². The third kappa shape index (κ3) is 3.56. The molecule has 0 bridgehead atoms. The van der Waals surface area contributed by atoms with Crippen LogP contribution in [0.2, 0.25) is 0 Å². The third-order valence-electron chi connectivity index (χ3n) is 1.94. The molecule has 0 atom stereocenters. The number of nitrogens with two attached hydrogens (primary N) is 1. The lowest BCUT2D eigenvalue weighted by Crippen LogP contribution is -2.03. The van der Waals surface area contributed by atoms with Gasteiger partial charge in [0.05, 0.1) is 7.11 Å². The standard InChI is InChI=1S/C9H17N3O2S/c1-13-6-4-3-5-11-9-7(14-2)8(10)12-15-9/h11H,3-6H2,1-2H3,(H2,10,12). The minimum atomic E-state index is 0.446. The van der Waals surface area contributed by atoms with Crippen LogP contribution in [0, 0.1) is 0 Å². The van der Waals surface area contributed by atoms with Crippen molar-refractivity contribution in [2.24, 2.45) is 0 Å². The number of hydrogen-bond acceptors (Lipinski definition) is 6. The second-order valence-corrected chi connectivity index (χ2v) is 3.83. The molecule has 0 fully saturated rings. The molecule has 0 aromatic carbocycles. The van der Waals surface area contributed by atoms with Crippen LogP contribution in [0.1, 0.15) is 12.8 Å². The topological polar surface area (TPSA) is 69.4 Å². The summed E-state index contributed by atoms with van der Waals surface area (Å²) < 4.78 is 14.1. The van der Waals surface area contributed by atoms with Crippen molar-refractivity contribution in [3.05, 3.63) is 0 Å². The molecule has 0 aliphatic carbocycles. The van der Waals surface area contributed by atoms with Gasteiger partial charge in [-0.15, -0.1) is 0 Å². The van der Waals surface area contributed by atoms with E-state index < -0.39 is 0 Å². The number of methoxy groups -OCH3 is 2. The van der Waals surface area contributed by atoms with E-state index >= 15 is 0 Å². The molecule has 0 saturated heterocycles. The molecule has 0 amide bonds. The molecular formula is C9H17N3O2S. The number of rotatable bonds is 7. The summed E-state index contributed by atoms with van der Waals surface area (Å²) in [5.41, 5.74) is 5.62. The highest BCUT2D eigenvalue weighted by molar-refractivity contribution is 7.11. The number of aromatic nitrogens is 1. The predicted octanol–water partition coefficient (Wildman–Crippen LogP) is 1.57. The van der Waals surface area contributed by atoms with Crippen LogP contribution in [-0.4, -0.2) is 31.7 Å². The lowest BCUT2D eigenvalue weighted by Gasteiger charge is -2.05. The number of nitrogen functional groups attached to an aromatic ring is 1. The molecule has 1 aromatic heterocycles. The second kappa shape index (κ2) is 6.47. The Morgan fingerprint density at radius 1 is 1.40 bits per heavy atom. The van der Waals surface area contributed by atoms with E-state index in [1.807, 2.05) is 0 Å². The van der Waals surface area contributed by atoms with Gasteiger partial charge in [0, 0.05) is 20.3 Å². The lowest BCUT2D eigenvalue weighted by atomic mass is 10.3. The van der Waals surface area contributed by atoms with Gasteiger partial charge in [0.25, 0.3) is 0 Å². The van der Waals surface area contributed by atoms with Crippen LogP contribution in [0.5, 0.6) is 5.75 Å². The molecule has 0 radical (unpaired) electrons. The van der Waals surface area contributed by atoms with Gasteiger partial charge >= 0.3 is 0 Å². The average Bonchev–Trinajstić information content (AvgIpc) is 2.59. The summed E-state index contributed by atoms with van der Waals surface area (Å²) >= 11 is 1.32. The average molecular weight is 231 g/mol. The van der Waals surface area contributed by atoms with Crippen molar-refractivity contribution in [2.75, 3.05) is 38.4 Å². The van der Waals surface area contributed by atoms with E-state index in [0.717, 1.165) is 31.0 Å². The van der Waals surface area contributed by atoms with Gasteiger partial charge in [-0.3, -0.25) is 0 Å². The highest BCUT2D eigenvalue weighted by Gasteiger charge is 2.10. The molecule has 86 valence electrons. The summed E-state index contributed by atoms with van der Waals surface area (Å²) in [6.07, 6.45) is 2.09. The van der Waals surface area contributed by atoms with Crippen LogP contribution in [0.4, 0.5) is 10.8 Å². The van der Waals surface area contributed by atoms with E-state index in [1.165, 1.54) is 11.5 Å². The summed E-state index contributed by atoms with van der Waals surface area (Å²) in [4.78, 5) is 0. The van der Waals surface area contributed by atoms with Crippen molar-refractivity contribution >= 4 is 22.4 Å². The minimum Gasteiger partial charge on any atom is -0.490 e. The fraction of sp³-hybridized carbons (Fsp3) is 0.667. The van der Waals surface area contributed by atoms with E-state index in [1.54, 1.807) is 14.2 Å². The molecular weight excluding hydrogens is 214 g/mol. The molecule has 1 heterocycles. The van der Waals surface area contributed by atoms with Gasteiger partial charge in [-0.25, -0.2) is 0 Å². The van der Waals surface area contributed by atoms with Gasteiger partial charge in [0.15, 0.2) is 16.6 Å². The highest BCUT2D eigenvalue weighted by Crippen LogP contribution is 2.34. The maximum atomic E-state index is 5.62. The summed E-state index contributed by atoms with van der Waals surface area (Å²) in [6.45, 7) is 1.67. The molecule has 1 rings (SSSR count). The lowest BCUT2D eigenvalue weighted by molar-refractivity contribution is 0.194. The van der Waals surface area contributed by atoms with Crippen LogP contribution in [0.15, 0.2) is 0 Å².